The van der Waals surface area contributed by atoms with Crippen molar-refractivity contribution in [2.45, 2.75) is 12.3 Å². The van der Waals surface area contributed by atoms with Gasteiger partial charge in [0.05, 0.1) is 25.2 Å². The Kier molecular flexibility index (Phi) is 4.80. The summed E-state index contributed by atoms with van der Waals surface area (Å²) in [7, 11) is 0. The van der Waals surface area contributed by atoms with Gasteiger partial charge in [-0.05, 0) is 47.0 Å². The summed E-state index contributed by atoms with van der Waals surface area (Å²) >= 11 is 0. The van der Waals surface area contributed by atoms with Crippen molar-refractivity contribution in [3.63, 3.8) is 0 Å². The summed E-state index contributed by atoms with van der Waals surface area (Å²) in [5, 5.41) is 6.72. The number of fused-ring (bicyclic) bond motifs is 1. The maximum absolute atomic E-state index is 14.3. The van der Waals surface area contributed by atoms with E-state index in [4.69, 9.17) is 0 Å². The lowest BCUT2D eigenvalue weighted by atomic mass is 10.0. The zero-order valence-corrected chi connectivity index (χ0v) is 16.8. The molecule has 0 radical (unpaired) electrons. The van der Waals surface area contributed by atoms with E-state index in [-0.39, 0.29) is 23.7 Å². The summed E-state index contributed by atoms with van der Waals surface area (Å²) in [6.45, 7) is -1.00. The summed E-state index contributed by atoms with van der Waals surface area (Å²) in [6.07, 6.45) is 3.44. The predicted octanol–water partition coefficient (Wildman–Crippen LogP) is 4.17. The Morgan fingerprint density at radius 1 is 1.03 bits per heavy atom. The fraction of sp³-hybridized carbons (Fsp3) is 0.174. The number of pyridine rings is 1. The highest BCUT2D eigenvalue weighted by atomic mass is 19.3. The first-order valence-corrected chi connectivity index (χ1v) is 9.97. The highest BCUT2D eigenvalue weighted by Crippen LogP contribution is 2.34. The molecule has 9 heteroatoms. The lowest BCUT2D eigenvalue weighted by Crippen LogP contribution is -2.56. The minimum absolute atomic E-state index is 0.105. The van der Waals surface area contributed by atoms with Crippen LogP contribution >= 0.6 is 0 Å². The third-order valence-corrected chi connectivity index (χ3v) is 5.35. The topological polar surface area (TPSA) is 62.5 Å². The van der Waals surface area contributed by atoms with Crippen LogP contribution in [0, 0.1) is 5.82 Å². The molecule has 1 N–H and O–H groups in total. The molecule has 1 fully saturated rings. The molecule has 32 heavy (non-hydrogen) atoms. The number of anilines is 2. The van der Waals surface area contributed by atoms with Gasteiger partial charge in [-0.25, -0.2) is 22.7 Å². The van der Waals surface area contributed by atoms with E-state index in [1.165, 1.54) is 23.4 Å². The van der Waals surface area contributed by atoms with Gasteiger partial charge in [-0.2, -0.15) is 5.10 Å². The van der Waals surface area contributed by atoms with Gasteiger partial charge < -0.3 is 10.2 Å². The summed E-state index contributed by atoms with van der Waals surface area (Å²) in [5.41, 5.74) is 3.89. The van der Waals surface area contributed by atoms with Crippen molar-refractivity contribution >= 4 is 22.9 Å². The molecule has 0 atom stereocenters. The van der Waals surface area contributed by atoms with Crippen molar-refractivity contribution in [2.75, 3.05) is 23.3 Å². The normalized spacial score (nSPS) is 14.9. The van der Waals surface area contributed by atoms with Gasteiger partial charge in [0.1, 0.15) is 12.1 Å². The van der Waals surface area contributed by atoms with E-state index in [1.54, 1.807) is 4.52 Å². The molecule has 6 nitrogen and oxygen atoms in total. The molecule has 2 aromatic heterocycles. The lowest BCUT2D eigenvalue weighted by molar-refractivity contribution is -0.115. The Bertz CT molecular complexity index is 1290. The summed E-state index contributed by atoms with van der Waals surface area (Å²) in [4.78, 5) is 17.8. The second kappa shape index (κ2) is 7.67. The highest BCUT2D eigenvalue weighted by molar-refractivity contribution is 5.92. The average molecular weight is 437 g/mol. The van der Waals surface area contributed by atoms with Gasteiger partial charge in [0.2, 0.25) is 5.91 Å². The Labute approximate surface area is 181 Å². The number of nitrogens with one attached hydrogen (secondary N) is 1. The van der Waals surface area contributed by atoms with Crippen molar-refractivity contribution in [1.29, 1.82) is 0 Å². The lowest BCUT2D eigenvalue weighted by Gasteiger charge is -2.40. The Hall–Kier alpha value is -3.88. The van der Waals surface area contributed by atoms with Crippen LogP contribution in [0.4, 0.5) is 24.5 Å². The Balaban J connectivity index is 1.22. The number of hydrogen-bond acceptors (Lipinski definition) is 4. The fourth-order valence-corrected chi connectivity index (χ4v) is 3.72. The number of amides is 1. The zero-order chi connectivity index (χ0) is 22.3. The molecule has 1 aliphatic heterocycles. The number of halogens is 3. The highest BCUT2D eigenvalue weighted by Gasteiger charge is 2.44. The third kappa shape index (κ3) is 4.01. The number of hydrogen-bond donors (Lipinski definition) is 1. The van der Waals surface area contributed by atoms with Crippen LogP contribution in [0.15, 0.2) is 67.1 Å². The third-order valence-electron chi connectivity index (χ3n) is 5.35. The van der Waals surface area contributed by atoms with Crippen LogP contribution < -0.4 is 10.2 Å². The van der Waals surface area contributed by atoms with E-state index in [0.717, 1.165) is 28.4 Å². The number of aromatic nitrogens is 3. The van der Waals surface area contributed by atoms with Crippen LogP contribution in [0.3, 0.4) is 0 Å². The van der Waals surface area contributed by atoms with Crippen molar-refractivity contribution in [2.24, 2.45) is 0 Å². The van der Waals surface area contributed by atoms with Crippen LogP contribution in [-0.2, 0) is 11.2 Å². The number of carbonyl (C=O) groups excluding carboxylic acids is 1. The van der Waals surface area contributed by atoms with E-state index >= 15 is 0 Å². The summed E-state index contributed by atoms with van der Waals surface area (Å²) in [6, 6.07) is 15.5. The molecule has 0 spiro atoms. The largest absolute Gasteiger partial charge is 0.357 e. The fourth-order valence-electron chi connectivity index (χ4n) is 3.72. The molecule has 0 aliphatic carbocycles. The van der Waals surface area contributed by atoms with Gasteiger partial charge in [0.15, 0.2) is 5.65 Å². The first-order chi connectivity index (χ1) is 15.4. The van der Waals surface area contributed by atoms with E-state index in [0.29, 0.717) is 0 Å². The molecule has 2 aromatic carbocycles. The molecule has 1 amide bonds. The van der Waals surface area contributed by atoms with Gasteiger partial charge in [0, 0.05) is 11.9 Å². The van der Waals surface area contributed by atoms with Crippen LogP contribution in [0.2, 0.25) is 0 Å². The van der Waals surface area contributed by atoms with Crippen LogP contribution in [0.1, 0.15) is 5.56 Å². The molecule has 3 heterocycles. The zero-order valence-electron chi connectivity index (χ0n) is 16.8. The van der Waals surface area contributed by atoms with E-state index in [9.17, 15) is 18.0 Å². The minimum atomic E-state index is -2.78. The van der Waals surface area contributed by atoms with Crippen LogP contribution in [0.5, 0.6) is 0 Å². The quantitative estimate of drug-likeness (QED) is 0.509. The second-order valence-corrected chi connectivity index (χ2v) is 7.78. The van der Waals surface area contributed by atoms with Gasteiger partial charge in [-0.15, -0.1) is 0 Å². The minimum Gasteiger partial charge on any atom is -0.357 e. The van der Waals surface area contributed by atoms with E-state index in [1.807, 2.05) is 42.6 Å². The van der Waals surface area contributed by atoms with E-state index in [2.05, 4.69) is 15.4 Å². The van der Waals surface area contributed by atoms with Crippen molar-refractivity contribution < 1.29 is 18.0 Å². The number of nitrogens with zero attached hydrogens (tertiary/aromatic N) is 4. The second-order valence-electron chi connectivity index (χ2n) is 7.78. The van der Waals surface area contributed by atoms with Gasteiger partial charge in [-0.3, -0.25) is 4.79 Å². The summed E-state index contributed by atoms with van der Waals surface area (Å²) < 4.78 is 42.0. The van der Waals surface area contributed by atoms with Crippen molar-refractivity contribution in [1.82, 2.24) is 14.6 Å². The SMILES string of the molecule is O=C(Cc1ccc(-c2ccn3ncnc3c2)cc1)Nc1ccc(N2CC(F)(F)C2)c(F)c1. The molecule has 5 rings (SSSR count). The Morgan fingerprint density at radius 3 is 2.53 bits per heavy atom. The monoisotopic (exact) mass is 437 g/mol. The van der Waals surface area contributed by atoms with Crippen LogP contribution in [0.25, 0.3) is 16.8 Å². The molecule has 0 unspecified atom stereocenters. The van der Waals surface area contributed by atoms with E-state index < -0.39 is 24.8 Å². The number of rotatable bonds is 5. The molecule has 0 bridgehead atoms. The molecule has 162 valence electrons. The molecule has 1 aliphatic rings. The first-order valence-electron chi connectivity index (χ1n) is 9.97. The number of carbonyl (C=O) groups is 1. The van der Waals surface area contributed by atoms with Gasteiger partial charge in [0.25, 0.3) is 5.92 Å². The maximum Gasteiger partial charge on any atom is 0.282 e. The summed E-state index contributed by atoms with van der Waals surface area (Å²) in [5.74, 6) is -3.73. The smallest absolute Gasteiger partial charge is 0.282 e. The van der Waals surface area contributed by atoms with Gasteiger partial charge in [-0.1, -0.05) is 24.3 Å². The number of alkyl halides is 2. The molecule has 0 saturated carbocycles. The molecular formula is C23H18F3N5O. The average Bonchev–Trinajstić information content (AvgIpc) is 3.20. The molecular weight excluding hydrogens is 419 g/mol. The number of benzene rings is 2. The van der Waals surface area contributed by atoms with Crippen molar-refractivity contribution in [3.8, 4) is 11.1 Å². The van der Waals surface area contributed by atoms with Crippen LogP contribution in [-0.4, -0.2) is 39.5 Å². The first kappa shape index (κ1) is 20.0. The van der Waals surface area contributed by atoms with Gasteiger partial charge >= 0.3 is 0 Å². The molecule has 1 saturated heterocycles. The Morgan fingerprint density at radius 2 is 1.81 bits per heavy atom. The van der Waals surface area contributed by atoms with Crippen molar-refractivity contribution in [3.05, 3.63) is 78.5 Å². The molecule has 4 aromatic rings. The predicted molar refractivity (Wildman–Crippen MR) is 114 cm³/mol. The maximum atomic E-state index is 14.3. The standard InChI is InChI=1S/C23H18F3N5O/c24-19-11-18(5-6-20(19)30-12-23(25,26)13-30)29-22(32)9-15-1-3-16(4-2-15)17-7-8-31-21(10-17)27-14-28-31/h1-8,10-11,14H,9,12-13H2,(H,29,32).